The highest BCUT2D eigenvalue weighted by molar-refractivity contribution is 7.90. The topological polar surface area (TPSA) is 206 Å². The van der Waals surface area contributed by atoms with Crippen molar-refractivity contribution in [3.63, 3.8) is 0 Å². The van der Waals surface area contributed by atoms with Gasteiger partial charge in [-0.15, -0.1) is 0 Å². The van der Waals surface area contributed by atoms with Crippen LogP contribution in [0.1, 0.15) is 105 Å². The summed E-state index contributed by atoms with van der Waals surface area (Å²) in [4.78, 5) is 44.2. The number of carbonyl (C=O) groups excluding carboxylic acids is 1. The first-order valence-corrected chi connectivity index (χ1v) is 31.6. The van der Waals surface area contributed by atoms with E-state index in [1.807, 2.05) is 30.3 Å². The fraction of sp³-hybridized carbons (Fsp3) is 0.492. The van der Waals surface area contributed by atoms with Crippen molar-refractivity contribution in [1.29, 1.82) is 0 Å². The number of amides is 1. The highest BCUT2D eigenvalue weighted by atomic mass is 32.2. The van der Waals surface area contributed by atoms with Crippen LogP contribution in [0.25, 0.3) is 11.0 Å². The summed E-state index contributed by atoms with van der Waals surface area (Å²) in [6, 6.07) is 24.5. The van der Waals surface area contributed by atoms with Crippen LogP contribution in [0.2, 0.25) is 0 Å². The van der Waals surface area contributed by atoms with E-state index in [-0.39, 0.29) is 77.7 Å². The van der Waals surface area contributed by atoms with Gasteiger partial charge >= 0.3 is 0 Å². The second-order valence-corrected chi connectivity index (χ2v) is 26.5. The minimum Gasteiger partial charge on any atom is -0.491 e. The molecule has 6 aliphatic heterocycles. The van der Waals surface area contributed by atoms with E-state index in [9.17, 15) is 32.1 Å². The molecule has 1 spiro atoms. The van der Waals surface area contributed by atoms with Gasteiger partial charge in [-0.05, 0) is 143 Å². The second kappa shape index (κ2) is 22.3. The molecule has 0 unspecified atom stereocenters. The summed E-state index contributed by atoms with van der Waals surface area (Å²) < 4.78 is 90.4. The predicted octanol–water partition coefficient (Wildman–Crippen LogP) is 10.00. The Morgan fingerprint density at radius 2 is 1.68 bits per heavy atom. The van der Waals surface area contributed by atoms with E-state index in [1.165, 1.54) is 23.8 Å². The lowest BCUT2D eigenvalue weighted by atomic mass is 9.59. The molecule has 19 nitrogen and oxygen atoms in total. The van der Waals surface area contributed by atoms with Gasteiger partial charge in [0.05, 0.1) is 51.9 Å². The van der Waals surface area contributed by atoms with Crippen molar-refractivity contribution in [2.24, 2.45) is 11.3 Å². The monoisotopic (exact) mass is 1180 g/mol. The molecular weight excluding hydrogens is 1110 g/mol. The van der Waals surface area contributed by atoms with E-state index in [1.54, 1.807) is 18.3 Å². The van der Waals surface area contributed by atoms with Crippen molar-refractivity contribution in [3.05, 3.63) is 130 Å². The molecule has 4 saturated heterocycles. The van der Waals surface area contributed by atoms with Gasteiger partial charge < -0.3 is 43.8 Å². The maximum atomic E-state index is 15.0. The van der Waals surface area contributed by atoms with Crippen LogP contribution >= 0.6 is 0 Å². The number of halogens is 2. The van der Waals surface area contributed by atoms with Crippen molar-refractivity contribution in [3.8, 4) is 17.4 Å². The van der Waals surface area contributed by atoms with Crippen LogP contribution in [0.5, 0.6) is 17.4 Å². The van der Waals surface area contributed by atoms with Gasteiger partial charge in [-0.25, -0.2) is 21.9 Å². The van der Waals surface area contributed by atoms with Crippen molar-refractivity contribution < 1.29 is 50.6 Å². The van der Waals surface area contributed by atoms with Gasteiger partial charge in [0, 0.05) is 99.6 Å². The largest absolute Gasteiger partial charge is 0.491 e. The van der Waals surface area contributed by atoms with Crippen LogP contribution in [0.15, 0.2) is 96.0 Å². The van der Waals surface area contributed by atoms with E-state index in [2.05, 4.69) is 66.7 Å². The maximum Gasteiger partial charge on any atom is 0.297 e. The number of hydrogen-bond donors (Lipinski definition) is 3. The summed E-state index contributed by atoms with van der Waals surface area (Å²) in [5.74, 6) is -1.00. The summed E-state index contributed by atoms with van der Waals surface area (Å²) in [6.45, 7) is 10.2. The molecule has 4 aromatic carbocycles. The number of hydrogen-bond acceptors (Lipinski definition) is 16. The number of H-pyrrole nitrogens is 1. The number of nitrogens with one attached hydrogen (secondary N) is 3. The van der Waals surface area contributed by atoms with Crippen LogP contribution in [0, 0.1) is 33.1 Å². The molecule has 85 heavy (non-hydrogen) atoms. The Balaban J connectivity index is 0.732. The van der Waals surface area contributed by atoms with Gasteiger partial charge in [0.1, 0.15) is 29.8 Å². The number of benzene rings is 4. The Kier molecular flexibility index (Phi) is 14.6. The molecule has 2 saturated carbocycles. The Bertz CT molecular complexity index is 3660. The van der Waals surface area contributed by atoms with E-state index in [0.717, 1.165) is 113 Å². The first-order chi connectivity index (χ1) is 41.2. The number of piperazine rings is 1. The molecule has 2 aliphatic carbocycles. The number of piperidine rings is 1. The molecule has 14 rings (SSSR count). The second-order valence-electron chi connectivity index (χ2n) is 24.8. The van der Waals surface area contributed by atoms with Crippen LogP contribution < -0.4 is 34.0 Å². The predicted molar refractivity (Wildman–Crippen MR) is 315 cm³/mol. The zero-order chi connectivity index (χ0) is 58.3. The van der Waals surface area contributed by atoms with E-state index in [4.69, 9.17) is 28.7 Å². The lowest BCUT2D eigenvalue weighted by Crippen LogP contribution is -2.62. The van der Waals surface area contributed by atoms with Gasteiger partial charge in [-0.2, -0.15) is 4.98 Å². The minimum absolute atomic E-state index is 0.00368. The number of anilines is 4. The molecule has 2 aromatic heterocycles. The number of para-hydroxylation sites is 1. The summed E-state index contributed by atoms with van der Waals surface area (Å²) in [5, 5.41) is 16.7. The third-order valence-corrected chi connectivity index (χ3v) is 20.9. The molecule has 3 N–H and O–H groups in total. The molecule has 6 fully saturated rings. The molecule has 8 aliphatic rings. The van der Waals surface area contributed by atoms with E-state index >= 15 is 0 Å². The molecule has 22 heteroatoms. The summed E-state index contributed by atoms with van der Waals surface area (Å²) in [7, 11) is -4.74. The fourth-order valence-corrected chi connectivity index (χ4v) is 16.0. The number of ether oxygens (including phenoxy) is 5. The SMILES string of the molecule is CC(C)Oc1ccccc1[C@@H]1CN([C@@H]2CC[C@H]2c2ccc(F)c(F)c2)CCN1C1CC2(CCN(c3ccc(C(=O)NS(=O)(=O)c4cc5c(c([N+](=O)[O-])c4)N[C@H](C4CCOCC4)CO5)c(N4c5cc6cc[nH]c6nc5O[C@H]5COCC[C@@H]54)c3)CC2)C1. The summed E-state index contributed by atoms with van der Waals surface area (Å²) in [6.07, 6.45) is 9.32. The van der Waals surface area contributed by atoms with E-state index < -0.39 is 49.2 Å². The van der Waals surface area contributed by atoms with Crippen LogP contribution in [0.3, 0.4) is 0 Å². The number of fused-ring (bicyclic) bond motifs is 4. The average Bonchev–Trinajstić information content (AvgIpc) is 2.04. The number of nitrogens with zero attached hydrogens (tertiary/aromatic N) is 6. The number of nitro benzene ring substituents is 1. The highest BCUT2D eigenvalue weighted by Gasteiger charge is 2.52. The number of aromatic nitrogens is 2. The number of sulfonamides is 1. The van der Waals surface area contributed by atoms with Gasteiger partial charge in [-0.3, -0.25) is 24.7 Å². The molecule has 448 valence electrons. The van der Waals surface area contributed by atoms with Gasteiger partial charge in [-0.1, -0.05) is 24.3 Å². The smallest absolute Gasteiger partial charge is 0.297 e. The van der Waals surface area contributed by atoms with Gasteiger partial charge in [0.15, 0.2) is 23.1 Å². The fourth-order valence-electron chi connectivity index (χ4n) is 15.0. The summed E-state index contributed by atoms with van der Waals surface area (Å²) in [5.41, 5.74) is 4.42. The van der Waals surface area contributed by atoms with Crippen molar-refractivity contribution in [2.45, 2.75) is 125 Å². The Hall–Kier alpha value is -7.11. The highest BCUT2D eigenvalue weighted by Crippen LogP contribution is 2.55. The average molecular weight is 1180 g/mol. The van der Waals surface area contributed by atoms with Crippen molar-refractivity contribution >= 4 is 55.4 Å². The zero-order valence-electron chi connectivity index (χ0n) is 47.7. The third kappa shape index (κ3) is 10.5. The molecule has 0 bridgehead atoms. The quantitative estimate of drug-likeness (QED) is 0.0727. The maximum absolute atomic E-state index is 15.0. The Morgan fingerprint density at radius 1 is 0.871 bits per heavy atom. The molecule has 6 atom stereocenters. The third-order valence-electron chi connectivity index (χ3n) is 19.6. The molecule has 0 radical (unpaired) electrons. The number of rotatable bonds is 13. The van der Waals surface area contributed by atoms with Gasteiger partial charge in [0.25, 0.3) is 21.6 Å². The standard InChI is InChI=1S/C63H71F2N9O10S/c1-37(2)83-56-6-4-3-5-45(56)55-34-71(50-12-10-44(50)39-7-11-47(64)48(65)27-39)22-23-72(55)42-32-63(33-42)17-20-70(21-18-63)41-8-9-46(52(29-41)73-51-16-26-81-36-58(51)84-62-54(73)28-40-13-19-66-60(40)68-62)61(75)69-85(78,79)43-30-53(74(76)77)59-57(31-43)82-35-49(67-59)38-14-24-80-25-15-38/h3-9,11,13,19,27-31,37-38,42,44,49-51,55,58,67H,10,12,14-18,20-26,32-36H2,1-2H3,(H,66,68)(H,69,75)/t44-,49-,50+,51-,55-,58-/m0/s1. The first-order valence-electron chi connectivity index (χ1n) is 30.1. The lowest BCUT2D eigenvalue weighted by Gasteiger charge is -2.59. The summed E-state index contributed by atoms with van der Waals surface area (Å²) >= 11 is 0. The number of pyridine rings is 1. The van der Waals surface area contributed by atoms with Crippen LogP contribution in [0.4, 0.5) is 37.2 Å². The number of nitro groups is 1. The first kappa shape index (κ1) is 55.7. The Morgan fingerprint density at radius 3 is 2.46 bits per heavy atom. The van der Waals surface area contributed by atoms with Crippen LogP contribution in [-0.4, -0.2) is 141 Å². The minimum atomic E-state index is -4.74. The van der Waals surface area contributed by atoms with Crippen molar-refractivity contribution in [1.82, 2.24) is 24.5 Å². The molecule has 6 aromatic rings. The number of aromatic amines is 1. The normalized spacial score (nSPS) is 25.4. The van der Waals surface area contributed by atoms with E-state index in [0.29, 0.717) is 55.2 Å². The molecule has 1 amide bonds. The van der Waals surface area contributed by atoms with Gasteiger partial charge in [0.2, 0.25) is 5.88 Å². The van der Waals surface area contributed by atoms with Crippen LogP contribution in [-0.2, 0) is 19.5 Å². The Labute approximate surface area is 492 Å². The molecule has 8 heterocycles. The lowest BCUT2D eigenvalue weighted by molar-refractivity contribution is -0.384. The number of carbonyl (C=O) groups is 1. The zero-order valence-corrected chi connectivity index (χ0v) is 48.5. The van der Waals surface area contributed by atoms with Crippen molar-refractivity contribution in [2.75, 3.05) is 80.9 Å². The molecular formula is C63H71F2N9O10S.